The molecule has 0 radical (unpaired) electrons. The first kappa shape index (κ1) is 11.8. The molecule has 2 unspecified atom stereocenters. The summed E-state index contributed by atoms with van der Waals surface area (Å²) in [6, 6.07) is 3.06. The van der Waals surface area contributed by atoms with Crippen LogP contribution in [0.5, 0.6) is 0 Å². The van der Waals surface area contributed by atoms with Crippen LogP contribution in [0.15, 0.2) is 18.3 Å². The van der Waals surface area contributed by atoms with E-state index in [0.717, 1.165) is 13.0 Å². The molecule has 1 aliphatic heterocycles. The average molecular weight is 237 g/mol. The Bertz CT molecular complexity index is 407. The van der Waals surface area contributed by atoms with Crippen molar-refractivity contribution in [3.63, 3.8) is 0 Å². The fraction of sp³-hybridized carbons (Fsp3) is 0.545. The van der Waals surface area contributed by atoms with E-state index < -0.39 is 4.92 Å². The number of rotatable bonds is 2. The fourth-order valence-electron chi connectivity index (χ4n) is 1.93. The minimum absolute atomic E-state index is 0.0142. The van der Waals surface area contributed by atoms with Crippen LogP contribution in [0.2, 0.25) is 0 Å². The van der Waals surface area contributed by atoms with Crippen molar-refractivity contribution in [2.24, 2.45) is 5.92 Å². The average Bonchev–Trinajstić information content (AvgIpc) is 2.33. The van der Waals surface area contributed by atoms with E-state index in [9.17, 15) is 15.2 Å². The molecular formula is C11H15N3O3. The van der Waals surface area contributed by atoms with Gasteiger partial charge in [-0.2, -0.15) is 0 Å². The molecule has 1 fully saturated rings. The van der Waals surface area contributed by atoms with Gasteiger partial charge in [-0.25, -0.2) is 4.98 Å². The van der Waals surface area contributed by atoms with Crippen molar-refractivity contribution >= 4 is 11.5 Å². The summed E-state index contributed by atoms with van der Waals surface area (Å²) in [5.74, 6) is 0.978. The van der Waals surface area contributed by atoms with Gasteiger partial charge in [0.1, 0.15) is 12.0 Å². The molecule has 0 amide bonds. The van der Waals surface area contributed by atoms with Crippen LogP contribution >= 0.6 is 0 Å². The highest BCUT2D eigenvalue weighted by Crippen LogP contribution is 2.22. The summed E-state index contributed by atoms with van der Waals surface area (Å²) in [7, 11) is 0. The number of hydrogen-bond acceptors (Lipinski definition) is 5. The number of aliphatic hydroxyl groups is 1. The molecule has 0 aromatic carbocycles. The van der Waals surface area contributed by atoms with E-state index in [2.05, 4.69) is 4.98 Å². The van der Waals surface area contributed by atoms with Crippen LogP contribution in [0.1, 0.15) is 13.3 Å². The number of nitrogens with zero attached hydrogens (tertiary/aromatic N) is 3. The van der Waals surface area contributed by atoms with Crippen LogP contribution < -0.4 is 4.90 Å². The van der Waals surface area contributed by atoms with Crippen LogP contribution in [0.25, 0.3) is 0 Å². The van der Waals surface area contributed by atoms with Gasteiger partial charge in [0.15, 0.2) is 0 Å². The highest BCUT2D eigenvalue weighted by molar-refractivity contribution is 5.43. The molecule has 0 spiro atoms. The third-order valence-corrected chi connectivity index (χ3v) is 3.19. The molecule has 2 rings (SSSR count). The van der Waals surface area contributed by atoms with Crippen molar-refractivity contribution in [2.75, 3.05) is 18.0 Å². The van der Waals surface area contributed by atoms with Crippen LogP contribution in [0.3, 0.4) is 0 Å². The van der Waals surface area contributed by atoms with Gasteiger partial charge in [-0.1, -0.05) is 6.92 Å². The Balaban J connectivity index is 2.10. The number of piperidine rings is 1. The zero-order valence-corrected chi connectivity index (χ0v) is 9.61. The molecule has 1 saturated heterocycles. The van der Waals surface area contributed by atoms with E-state index in [1.165, 1.54) is 12.3 Å². The highest BCUT2D eigenvalue weighted by Gasteiger charge is 2.25. The third kappa shape index (κ3) is 2.52. The van der Waals surface area contributed by atoms with E-state index in [4.69, 9.17) is 0 Å². The van der Waals surface area contributed by atoms with Gasteiger partial charge in [-0.3, -0.25) is 10.1 Å². The smallest absolute Gasteiger partial charge is 0.287 e. The zero-order valence-electron chi connectivity index (χ0n) is 9.61. The molecule has 1 aromatic rings. The lowest BCUT2D eigenvalue weighted by atomic mass is 9.96. The number of nitro groups is 1. The number of aliphatic hydroxyl groups excluding tert-OH is 1. The predicted octanol–water partition coefficient (Wildman–Crippen LogP) is 1.20. The van der Waals surface area contributed by atoms with Crippen LogP contribution in [-0.2, 0) is 0 Å². The number of pyridine rings is 1. The van der Waals surface area contributed by atoms with Gasteiger partial charge in [0.05, 0.1) is 11.0 Å². The Morgan fingerprint density at radius 3 is 2.88 bits per heavy atom. The first-order valence-corrected chi connectivity index (χ1v) is 5.61. The summed E-state index contributed by atoms with van der Waals surface area (Å²) in [6.07, 6.45) is 1.79. The molecule has 2 heterocycles. The standard InChI is InChI=1S/C11H15N3O3/c1-8-4-5-13(7-10(8)15)11-3-2-9(6-12-11)14(16)17/h2-3,6,8,10,15H,4-5,7H2,1H3. The first-order chi connectivity index (χ1) is 8.08. The van der Waals surface area contributed by atoms with Gasteiger partial charge in [-0.05, 0) is 18.4 Å². The maximum absolute atomic E-state index is 10.5. The normalized spacial score (nSPS) is 24.7. The maximum Gasteiger partial charge on any atom is 0.287 e. The first-order valence-electron chi connectivity index (χ1n) is 5.61. The fourth-order valence-corrected chi connectivity index (χ4v) is 1.93. The molecule has 0 aliphatic carbocycles. The Hall–Kier alpha value is -1.69. The van der Waals surface area contributed by atoms with Gasteiger partial charge < -0.3 is 10.0 Å². The lowest BCUT2D eigenvalue weighted by molar-refractivity contribution is -0.385. The summed E-state index contributed by atoms with van der Waals surface area (Å²) in [6.45, 7) is 3.38. The van der Waals surface area contributed by atoms with E-state index in [1.807, 2.05) is 11.8 Å². The Kier molecular flexibility index (Phi) is 3.23. The lowest BCUT2D eigenvalue weighted by Crippen LogP contribution is -2.43. The Morgan fingerprint density at radius 2 is 2.35 bits per heavy atom. The molecule has 6 nitrogen and oxygen atoms in total. The minimum Gasteiger partial charge on any atom is -0.391 e. The largest absolute Gasteiger partial charge is 0.391 e. The van der Waals surface area contributed by atoms with Gasteiger partial charge >= 0.3 is 0 Å². The molecule has 1 aromatic heterocycles. The van der Waals surface area contributed by atoms with Gasteiger partial charge in [0.2, 0.25) is 0 Å². The zero-order chi connectivity index (χ0) is 12.4. The minimum atomic E-state index is -0.468. The topological polar surface area (TPSA) is 79.5 Å². The second kappa shape index (κ2) is 4.67. The molecule has 17 heavy (non-hydrogen) atoms. The molecule has 0 bridgehead atoms. The predicted molar refractivity (Wildman–Crippen MR) is 62.9 cm³/mol. The van der Waals surface area contributed by atoms with Crippen molar-refractivity contribution < 1.29 is 10.0 Å². The third-order valence-electron chi connectivity index (χ3n) is 3.19. The van der Waals surface area contributed by atoms with E-state index in [1.54, 1.807) is 6.07 Å². The molecule has 1 aliphatic rings. The number of aromatic nitrogens is 1. The number of β-amino-alcohol motifs (C(OH)–C–C–N with tert-alkyl or cyclic N) is 1. The second-order valence-electron chi connectivity index (χ2n) is 4.41. The van der Waals surface area contributed by atoms with E-state index in [0.29, 0.717) is 18.3 Å². The van der Waals surface area contributed by atoms with Crippen molar-refractivity contribution in [1.82, 2.24) is 4.98 Å². The molecule has 2 atom stereocenters. The molecule has 92 valence electrons. The Morgan fingerprint density at radius 1 is 1.59 bits per heavy atom. The van der Waals surface area contributed by atoms with Crippen molar-refractivity contribution in [1.29, 1.82) is 0 Å². The summed E-state index contributed by atoms with van der Waals surface area (Å²) < 4.78 is 0. The number of anilines is 1. The highest BCUT2D eigenvalue weighted by atomic mass is 16.6. The lowest BCUT2D eigenvalue weighted by Gasteiger charge is -2.34. The van der Waals surface area contributed by atoms with E-state index >= 15 is 0 Å². The molecule has 1 N–H and O–H groups in total. The molecule has 6 heteroatoms. The molecule has 0 saturated carbocycles. The maximum atomic E-state index is 10.5. The van der Waals surface area contributed by atoms with Crippen molar-refractivity contribution in [3.05, 3.63) is 28.4 Å². The number of hydrogen-bond donors (Lipinski definition) is 1. The summed E-state index contributed by atoms with van der Waals surface area (Å²) in [5, 5.41) is 20.3. The van der Waals surface area contributed by atoms with Gasteiger partial charge in [0.25, 0.3) is 5.69 Å². The van der Waals surface area contributed by atoms with Gasteiger partial charge in [0, 0.05) is 19.2 Å². The van der Waals surface area contributed by atoms with E-state index in [-0.39, 0.29) is 11.8 Å². The SMILES string of the molecule is CC1CCN(c2ccc([N+](=O)[O-])cn2)CC1O. The monoisotopic (exact) mass is 237 g/mol. The quantitative estimate of drug-likeness (QED) is 0.617. The van der Waals surface area contributed by atoms with Crippen molar-refractivity contribution in [3.8, 4) is 0 Å². The summed E-state index contributed by atoms with van der Waals surface area (Å²) in [4.78, 5) is 16.0. The molecular weight excluding hydrogens is 222 g/mol. The van der Waals surface area contributed by atoms with Crippen molar-refractivity contribution in [2.45, 2.75) is 19.4 Å². The summed E-state index contributed by atoms with van der Waals surface area (Å²) >= 11 is 0. The summed E-state index contributed by atoms with van der Waals surface area (Å²) in [5.41, 5.74) is -0.0142. The van der Waals surface area contributed by atoms with Crippen LogP contribution in [-0.4, -0.2) is 34.2 Å². The Labute approximate surface area is 99.0 Å². The van der Waals surface area contributed by atoms with Gasteiger partial charge in [-0.15, -0.1) is 0 Å². The second-order valence-corrected chi connectivity index (χ2v) is 4.41. The van der Waals surface area contributed by atoms with Crippen LogP contribution in [0, 0.1) is 16.0 Å². The van der Waals surface area contributed by atoms with Crippen LogP contribution in [0.4, 0.5) is 11.5 Å².